The Balaban J connectivity index is 1.43. The first kappa shape index (κ1) is 20.0. The van der Waals surface area contributed by atoms with Crippen molar-refractivity contribution in [3.63, 3.8) is 0 Å². The van der Waals surface area contributed by atoms with Crippen LogP contribution in [0.15, 0.2) is 47.5 Å². The average Bonchev–Trinajstić information content (AvgIpc) is 3.22. The zero-order chi connectivity index (χ0) is 20.8. The second-order valence-corrected chi connectivity index (χ2v) is 10.1. The van der Waals surface area contributed by atoms with Gasteiger partial charge in [-0.3, -0.25) is 9.78 Å². The van der Waals surface area contributed by atoms with E-state index in [1.165, 1.54) is 16.4 Å². The first-order chi connectivity index (χ1) is 13.7. The van der Waals surface area contributed by atoms with Crippen molar-refractivity contribution in [3.05, 3.63) is 59.7 Å². The van der Waals surface area contributed by atoms with Gasteiger partial charge in [0.2, 0.25) is 15.9 Å². The number of aromatic nitrogens is 1. The van der Waals surface area contributed by atoms with Crippen LogP contribution < -0.4 is 0 Å². The maximum absolute atomic E-state index is 13.9. The first-order valence-electron chi connectivity index (χ1n) is 9.64. The predicted octanol–water partition coefficient (Wildman–Crippen LogP) is 2.59. The molecule has 4 rings (SSSR count). The Kier molecular flexibility index (Phi) is 4.94. The lowest BCUT2D eigenvalue weighted by Crippen LogP contribution is -2.32. The third-order valence-electron chi connectivity index (χ3n) is 6.12. The van der Waals surface area contributed by atoms with E-state index in [1.54, 1.807) is 25.1 Å². The van der Waals surface area contributed by atoms with Crippen molar-refractivity contribution in [1.29, 1.82) is 0 Å². The second kappa shape index (κ2) is 7.18. The molecule has 2 aromatic rings. The molecule has 29 heavy (non-hydrogen) atoms. The molecule has 2 heterocycles. The van der Waals surface area contributed by atoms with E-state index >= 15 is 0 Å². The van der Waals surface area contributed by atoms with Gasteiger partial charge in [0.25, 0.3) is 0 Å². The molecule has 2 atom stereocenters. The van der Waals surface area contributed by atoms with Crippen LogP contribution in [0.4, 0.5) is 4.39 Å². The summed E-state index contributed by atoms with van der Waals surface area (Å²) in [5, 5.41) is 0. The fourth-order valence-electron chi connectivity index (χ4n) is 4.17. The quantitative estimate of drug-likeness (QED) is 0.750. The van der Waals surface area contributed by atoms with Gasteiger partial charge < -0.3 is 4.90 Å². The van der Waals surface area contributed by atoms with Crippen molar-refractivity contribution in [2.75, 3.05) is 20.1 Å². The Morgan fingerprint density at radius 2 is 2.14 bits per heavy atom. The molecule has 1 aromatic heterocycles. The molecule has 8 heteroatoms. The molecule has 0 bridgehead atoms. The molecule has 1 spiro atoms. The maximum atomic E-state index is 13.9. The van der Waals surface area contributed by atoms with Gasteiger partial charge in [0.1, 0.15) is 5.82 Å². The summed E-state index contributed by atoms with van der Waals surface area (Å²) in [4.78, 5) is 18.7. The molecular formula is C21H24FN3O3S. The van der Waals surface area contributed by atoms with Crippen molar-refractivity contribution in [2.24, 2.45) is 11.3 Å². The third-order valence-corrected chi connectivity index (χ3v) is 7.96. The molecule has 1 aliphatic heterocycles. The number of carbonyl (C=O) groups is 1. The molecule has 0 radical (unpaired) electrons. The van der Waals surface area contributed by atoms with E-state index in [-0.39, 0.29) is 22.1 Å². The largest absolute Gasteiger partial charge is 0.340 e. The van der Waals surface area contributed by atoms with Crippen molar-refractivity contribution in [2.45, 2.75) is 31.2 Å². The number of halogens is 1. The molecular weight excluding hydrogens is 393 g/mol. The SMILES string of the molecule is Cc1ccc(S(=O)(=O)N2CCC3(CC3C(=O)N(C)Cc3ccccn3)C2)cc1F. The molecule has 0 N–H and O–H groups in total. The Labute approximate surface area is 170 Å². The fraction of sp³-hybridized carbons (Fsp3) is 0.429. The van der Waals surface area contributed by atoms with E-state index in [0.29, 0.717) is 38.0 Å². The van der Waals surface area contributed by atoms with Gasteiger partial charge in [0.15, 0.2) is 0 Å². The van der Waals surface area contributed by atoms with Crippen LogP contribution in [0.5, 0.6) is 0 Å². The van der Waals surface area contributed by atoms with Crippen LogP contribution in [0.3, 0.4) is 0 Å². The lowest BCUT2D eigenvalue weighted by molar-refractivity contribution is -0.132. The van der Waals surface area contributed by atoms with E-state index in [2.05, 4.69) is 4.98 Å². The highest BCUT2D eigenvalue weighted by Gasteiger charge is 2.62. The summed E-state index contributed by atoms with van der Waals surface area (Å²) in [6.07, 6.45) is 3.03. The third kappa shape index (κ3) is 3.67. The number of pyridine rings is 1. The van der Waals surface area contributed by atoms with Gasteiger partial charge in [-0.05, 0) is 55.0 Å². The summed E-state index contributed by atoms with van der Waals surface area (Å²) in [6, 6.07) is 9.57. The monoisotopic (exact) mass is 417 g/mol. The van der Waals surface area contributed by atoms with E-state index in [4.69, 9.17) is 0 Å². The Morgan fingerprint density at radius 1 is 1.34 bits per heavy atom. The summed E-state index contributed by atoms with van der Waals surface area (Å²) in [5.74, 6) is -0.682. The van der Waals surface area contributed by atoms with Gasteiger partial charge in [-0.25, -0.2) is 12.8 Å². The van der Waals surface area contributed by atoms with Crippen LogP contribution in [0, 0.1) is 24.1 Å². The Hall–Kier alpha value is -2.32. The normalized spacial score (nSPS) is 24.0. The van der Waals surface area contributed by atoms with Crippen molar-refractivity contribution in [1.82, 2.24) is 14.2 Å². The zero-order valence-corrected chi connectivity index (χ0v) is 17.3. The highest BCUT2D eigenvalue weighted by molar-refractivity contribution is 7.89. The highest BCUT2D eigenvalue weighted by atomic mass is 32.2. The number of rotatable bonds is 5. The molecule has 1 amide bonds. The molecule has 1 saturated carbocycles. The summed E-state index contributed by atoms with van der Waals surface area (Å²) in [5.41, 5.74) is 0.923. The van der Waals surface area contributed by atoms with Crippen LogP contribution in [0.1, 0.15) is 24.1 Å². The molecule has 1 saturated heterocycles. The van der Waals surface area contributed by atoms with Crippen LogP contribution >= 0.6 is 0 Å². The molecule has 1 aliphatic carbocycles. The first-order valence-corrected chi connectivity index (χ1v) is 11.1. The molecule has 1 aromatic carbocycles. The van der Waals surface area contributed by atoms with E-state index < -0.39 is 15.8 Å². The number of sulfonamides is 1. The standard InChI is InChI=1S/C21H24FN3O3S/c1-15-6-7-17(11-19(15)22)29(27,28)25-10-8-21(14-25)12-18(21)20(26)24(2)13-16-5-3-4-9-23-16/h3-7,9,11,18H,8,10,12-14H2,1-2H3. The minimum Gasteiger partial charge on any atom is -0.340 e. The molecule has 6 nitrogen and oxygen atoms in total. The van der Waals surface area contributed by atoms with Crippen molar-refractivity contribution >= 4 is 15.9 Å². The van der Waals surface area contributed by atoms with Crippen LogP contribution in [0.2, 0.25) is 0 Å². The van der Waals surface area contributed by atoms with E-state index in [9.17, 15) is 17.6 Å². The number of hydrogen-bond donors (Lipinski definition) is 0. The lowest BCUT2D eigenvalue weighted by Gasteiger charge is -2.19. The topological polar surface area (TPSA) is 70.6 Å². The van der Waals surface area contributed by atoms with E-state index in [1.807, 2.05) is 18.2 Å². The molecule has 154 valence electrons. The Bertz CT molecular complexity index is 1040. The number of hydrogen-bond acceptors (Lipinski definition) is 4. The van der Waals surface area contributed by atoms with Gasteiger partial charge in [-0.1, -0.05) is 12.1 Å². The second-order valence-electron chi connectivity index (χ2n) is 8.13. The predicted molar refractivity (Wildman–Crippen MR) is 106 cm³/mol. The zero-order valence-electron chi connectivity index (χ0n) is 16.5. The van der Waals surface area contributed by atoms with Crippen LogP contribution in [-0.2, 0) is 21.4 Å². The summed E-state index contributed by atoms with van der Waals surface area (Å²) in [6.45, 7) is 2.68. The number of nitrogens with zero attached hydrogens (tertiary/aromatic N) is 3. The van der Waals surface area contributed by atoms with Crippen molar-refractivity contribution < 1.29 is 17.6 Å². The van der Waals surface area contributed by atoms with Gasteiger partial charge in [0, 0.05) is 32.3 Å². The lowest BCUT2D eigenvalue weighted by atomic mass is 10.0. The number of amides is 1. The minimum absolute atomic E-state index is 0.0243. The Morgan fingerprint density at radius 3 is 2.83 bits per heavy atom. The van der Waals surface area contributed by atoms with Gasteiger partial charge in [0.05, 0.1) is 17.1 Å². The smallest absolute Gasteiger partial charge is 0.243 e. The maximum Gasteiger partial charge on any atom is 0.243 e. The van der Waals surface area contributed by atoms with Crippen molar-refractivity contribution in [3.8, 4) is 0 Å². The van der Waals surface area contributed by atoms with Gasteiger partial charge in [-0.15, -0.1) is 0 Å². The molecule has 2 fully saturated rings. The summed E-state index contributed by atoms with van der Waals surface area (Å²) in [7, 11) is -2.02. The van der Waals surface area contributed by atoms with Crippen LogP contribution in [-0.4, -0.2) is 48.7 Å². The highest BCUT2D eigenvalue weighted by Crippen LogP contribution is 2.59. The number of benzene rings is 1. The van der Waals surface area contributed by atoms with E-state index in [0.717, 1.165) is 11.8 Å². The summed E-state index contributed by atoms with van der Waals surface area (Å²) >= 11 is 0. The van der Waals surface area contributed by atoms with Gasteiger partial charge >= 0.3 is 0 Å². The molecule has 2 aliphatic rings. The fourth-order valence-corrected chi connectivity index (χ4v) is 5.72. The minimum atomic E-state index is -3.77. The number of carbonyl (C=O) groups excluding carboxylic acids is 1. The number of aryl methyl sites for hydroxylation is 1. The van der Waals surface area contributed by atoms with Gasteiger partial charge in [-0.2, -0.15) is 4.31 Å². The summed E-state index contributed by atoms with van der Waals surface area (Å²) < 4.78 is 41.1. The average molecular weight is 418 g/mol. The molecule has 2 unspecified atom stereocenters. The van der Waals surface area contributed by atoms with Crippen LogP contribution in [0.25, 0.3) is 0 Å².